The number of hydrogen-bond donors (Lipinski definition) is 3. The maximum absolute atomic E-state index is 13.8. The number of nitrogens with zero attached hydrogens (tertiary/aromatic N) is 1. The zero-order valence-electron chi connectivity index (χ0n) is 23.5. The third kappa shape index (κ3) is 9.51. The van der Waals surface area contributed by atoms with Crippen molar-refractivity contribution in [1.29, 1.82) is 0 Å². The molecule has 9 nitrogen and oxygen atoms in total. The van der Waals surface area contributed by atoms with Crippen LogP contribution in [0.25, 0.3) is 10.6 Å². The topological polar surface area (TPSA) is 132 Å². The lowest BCUT2D eigenvalue weighted by atomic mass is 10.0. The van der Waals surface area contributed by atoms with Gasteiger partial charge in [-0.25, -0.2) is 9.78 Å². The van der Waals surface area contributed by atoms with E-state index in [1.165, 1.54) is 11.3 Å². The zero-order chi connectivity index (χ0) is 30.1. The minimum Gasteiger partial charge on any atom is -0.755 e. The maximum atomic E-state index is 13.8. The normalized spacial score (nSPS) is 13.4. The molecule has 42 heavy (non-hydrogen) atoms. The average molecular weight is 606 g/mol. The van der Waals surface area contributed by atoms with E-state index in [9.17, 15) is 18.4 Å². The first-order valence-corrected chi connectivity index (χ1v) is 15.3. The number of carbonyl (C=O) groups excluding carboxylic acids is 2. The van der Waals surface area contributed by atoms with Gasteiger partial charge in [0, 0.05) is 34.3 Å². The number of anilines is 1. The number of nitrogens with one attached hydrogen (secondary N) is 3. The molecule has 0 aliphatic carbocycles. The van der Waals surface area contributed by atoms with Gasteiger partial charge in [0.2, 0.25) is 5.91 Å². The summed E-state index contributed by atoms with van der Waals surface area (Å²) in [5, 5.41) is 8.57. The first-order valence-electron chi connectivity index (χ1n) is 13.4. The van der Waals surface area contributed by atoms with Crippen LogP contribution in [0.5, 0.6) is 0 Å². The second-order valence-corrected chi connectivity index (χ2v) is 12.2. The van der Waals surface area contributed by atoms with E-state index in [2.05, 4.69) is 15.4 Å². The van der Waals surface area contributed by atoms with E-state index in [0.717, 1.165) is 21.7 Å². The van der Waals surface area contributed by atoms with Crippen molar-refractivity contribution in [3.8, 4) is 10.6 Å². The number of amides is 2. The SMILES string of the molecule is CC(C)(C)OC(=O)N[C@@H](Cc1ccccc1)C(=O)N[C@@H](Cc1ccc(NS(=O)[O-])cc1)c1csc(-c2ccccc2)n1. The van der Waals surface area contributed by atoms with Gasteiger partial charge in [0.05, 0.1) is 11.7 Å². The van der Waals surface area contributed by atoms with Gasteiger partial charge in [0.25, 0.3) is 0 Å². The molecular weight excluding hydrogens is 572 g/mol. The molecule has 1 heterocycles. The molecule has 0 bridgehead atoms. The molecule has 0 saturated carbocycles. The first kappa shape index (κ1) is 30.9. The number of alkyl carbamates (subject to hydrolysis) is 1. The molecule has 0 aliphatic heterocycles. The summed E-state index contributed by atoms with van der Waals surface area (Å²) in [4.78, 5) is 31.3. The monoisotopic (exact) mass is 605 g/mol. The molecule has 4 aromatic rings. The van der Waals surface area contributed by atoms with Crippen LogP contribution in [0, 0.1) is 0 Å². The van der Waals surface area contributed by atoms with Crippen LogP contribution in [0.2, 0.25) is 0 Å². The van der Waals surface area contributed by atoms with Crippen LogP contribution in [0.4, 0.5) is 10.5 Å². The Morgan fingerprint density at radius 2 is 1.52 bits per heavy atom. The molecule has 0 radical (unpaired) electrons. The molecule has 0 spiro atoms. The highest BCUT2D eigenvalue weighted by Crippen LogP contribution is 2.28. The highest BCUT2D eigenvalue weighted by molar-refractivity contribution is 7.80. The standard InChI is InChI=1S/C31H34N4O5S2/c1-31(2,3)40-30(37)34-26(19-21-10-6-4-7-11-21)28(36)32-25(18-22-14-16-24(17-15-22)35-42(38)39)27-20-41-29(33-27)23-12-8-5-9-13-23/h4-17,20,25-26,35H,18-19H2,1-3H3,(H,32,36)(H,34,37)(H,38,39)/p-1/t25-,26-/m0/s1. The Morgan fingerprint density at radius 3 is 2.14 bits per heavy atom. The fourth-order valence-corrected chi connectivity index (χ4v) is 5.42. The Morgan fingerprint density at radius 1 is 0.905 bits per heavy atom. The van der Waals surface area contributed by atoms with Crippen LogP contribution in [0.3, 0.4) is 0 Å². The lowest BCUT2D eigenvalue weighted by Gasteiger charge is -2.25. The van der Waals surface area contributed by atoms with Crippen molar-refractivity contribution in [1.82, 2.24) is 15.6 Å². The van der Waals surface area contributed by atoms with Crippen LogP contribution < -0.4 is 15.4 Å². The predicted octanol–water partition coefficient (Wildman–Crippen LogP) is 5.55. The van der Waals surface area contributed by atoms with Gasteiger partial charge in [-0.1, -0.05) is 72.8 Å². The van der Waals surface area contributed by atoms with E-state index in [4.69, 9.17) is 9.72 Å². The van der Waals surface area contributed by atoms with Gasteiger partial charge in [-0.05, 0) is 50.5 Å². The van der Waals surface area contributed by atoms with Crippen LogP contribution in [-0.4, -0.2) is 37.4 Å². The van der Waals surface area contributed by atoms with Gasteiger partial charge < -0.3 is 24.6 Å². The van der Waals surface area contributed by atoms with Crippen molar-refractivity contribution in [2.75, 3.05) is 4.72 Å². The van der Waals surface area contributed by atoms with Crippen molar-refractivity contribution >= 4 is 40.3 Å². The zero-order valence-corrected chi connectivity index (χ0v) is 25.2. The molecule has 11 heteroatoms. The molecule has 1 unspecified atom stereocenters. The number of rotatable bonds is 11. The number of ether oxygens (including phenoxy) is 1. The van der Waals surface area contributed by atoms with Crippen LogP contribution >= 0.6 is 11.3 Å². The van der Waals surface area contributed by atoms with Gasteiger partial charge in [0.1, 0.15) is 16.7 Å². The third-order valence-corrected chi connectivity index (χ3v) is 7.41. The summed E-state index contributed by atoms with van der Waals surface area (Å²) < 4.78 is 29.8. The molecule has 3 atom stereocenters. The molecule has 220 valence electrons. The lowest BCUT2D eigenvalue weighted by Crippen LogP contribution is -2.50. The molecule has 3 aromatic carbocycles. The second kappa shape index (κ2) is 14.2. The summed E-state index contributed by atoms with van der Waals surface area (Å²) >= 11 is -0.956. The summed E-state index contributed by atoms with van der Waals surface area (Å²) in [6.07, 6.45) is -0.0407. The Kier molecular flexibility index (Phi) is 10.5. The van der Waals surface area contributed by atoms with Gasteiger partial charge in [-0.2, -0.15) is 0 Å². The largest absolute Gasteiger partial charge is 0.755 e. The molecule has 3 N–H and O–H groups in total. The Bertz CT molecular complexity index is 1490. The predicted molar refractivity (Wildman–Crippen MR) is 164 cm³/mol. The Balaban J connectivity index is 1.60. The average Bonchev–Trinajstić information content (AvgIpc) is 3.44. The van der Waals surface area contributed by atoms with Gasteiger partial charge in [-0.15, -0.1) is 11.3 Å². The van der Waals surface area contributed by atoms with E-state index >= 15 is 0 Å². The Labute approximate surface area is 252 Å². The Hall–Kier alpha value is -4.06. The van der Waals surface area contributed by atoms with Crippen molar-refractivity contribution in [3.05, 3.63) is 107 Å². The summed E-state index contributed by atoms with van der Waals surface area (Å²) in [6, 6.07) is 24.7. The summed E-state index contributed by atoms with van der Waals surface area (Å²) in [5.74, 6) is -0.385. The second-order valence-electron chi connectivity index (χ2n) is 10.6. The highest BCUT2D eigenvalue weighted by atomic mass is 32.2. The van der Waals surface area contributed by atoms with E-state index in [-0.39, 0.29) is 12.3 Å². The fourth-order valence-electron chi connectivity index (χ4n) is 4.21. The summed E-state index contributed by atoms with van der Waals surface area (Å²) in [7, 11) is 0. The van der Waals surface area contributed by atoms with E-state index in [0.29, 0.717) is 17.8 Å². The van der Waals surface area contributed by atoms with Crippen molar-refractivity contribution < 1.29 is 23.1 Å². The molecule has 1 aromatic heterocycles. The number of hydrogen-bond acceptors (Lipinski definition) is 7. The molecule has 4 rings (SSSR count). The number of carbonyl (C=O) groups is 2. The van der Waals surface area contributed by atoms with Crippen LogP contribution in [0.15, 0.2) is 90.3 Å². The first-order chi connectivity index (χ1) is 20.1. The quantitative estimate of drug-likeness (QED) is 0.192. The number of benzene rings is 3. The van der Waals surface area contributed by atoms with Gasteiger partial charge in [0.15, 0.2) is 0 Å². The molecular formula is C31H33N4O5S2-. The van der Waals surface area contributed by atoms with Crippen molar-refractivity contribution in [3.63, 3.8) is 0 Å². The molecule has 0 fully saturated rings. The fraction of sp³-hybridized carbons (Fsp3) is 0.258. The van der Waals surface area contributed by atoms with Gasteiger partial charge in [-0.3, -0.25) is 9.00 Å². The molecule has 2 amide bonds. The minimum atomic E-state index is -2.43. The van der Waals surface area contributed by atoms with Crippen LogP contribution in [-0.2, 0) is 33.6 Å². The van der Waals surface area contributed by atoms with E-state index in [1.807, 2.05) is 66.0 Å². The summed E-state index contributed by atoms with van der Waals surface area (Å²) in [5.41, 5.74) is 3.08. The maximum Gasteiger partial charge on any atom is 0.408 e. The lowest BCUT2D eigenvalue weighted by molar-refractivity contribution is -0.124. The van der Waals surface area contributed by atoms with Gasteiger partial charge >= 0.3 is 6.09 Å². The highest BCUT2D eigenvalue weighted by Gasteiger charge is 2.28. The van der Waals surface area contributed by atoms with E-state index < -0.39 is 35.0 Å². The molecule has 0 aliphatic rings. The molecule has 0 saturated heterocycles. The third-order valence-electron chi connectivity index (χ3n) is 6.10. The number of thiazole rings is 1. The van der Waals surface area contributed by atoms with E-state index in [1.54, 1.807) is 45.0 Å². The van der Waals surface area contributed by atoms with Crippen LogP contribution in [0.1, 0.15) is 43.6 Å². The summed E-state index contributed by atoms with van der Waals surface area (Å²) in [6.45, 7) is 5.28. The number of aromatic nitrogens is 1. The van der Waals surface area contributed by atoms with Crippen molar-refractivity contribution in [2.24, 2.45) is 0 Å². The smallest absolute Gasteiger partial charge is 0.408 e. The van der Waals surface area contributed by atoms with Crippen molar-refractivity contribution in [2.45, 2.75) is 51.3 Å². The minimum absolute atomic E-state index is 0.262.